The number of rotatable bonds is 3. The van der Waals surface area contributed by atoms with Crippen molar-refractivity contribution in [2.45, 2.75) is 58.5 Å². The molecule has 0 aromatic heterocycles. The van der Waals surface area contributed by atoms with Crippen molar-refractivity contribution in [2.75, 3.05) is 0 Å². The first kappa shape index (κ1) is 15.0. The van der Waals surface area contributed by atoms with Gasteiger partial charge in [-0.2, -0.15) is 0 Å². The monoisotopic (exact) mass is 256 g/mol. The standard InChI is InChI=1S/C13H24N2O3/c1-13(2,3)10(12(17)18)15-11(16)8-4-6-9(14)7-5-8/h8-10H,4-7,14H2,1-3H3,(H,15,16)(H,17,18)/t8?,9?,10-/m1/s1. The van der Waals surface area contributed by atoms with Gasteiger partial charge in [0.25, 0.3) is 0 Å². The van der Waals surface area contributed by atoms with Gasteiger partial charge in [-0.15, -0.1) is 0 Å². The van der Waals surface area contributed by atoms with Crippen LogP contribution in [0.1, 0.15) is 46.5 Å². The molecule has 1 atom stereocenters. The van der Waals surface area contributed by atoms with Crippen molar-refractivity contribution in [3.8, 4) is 0 Å². The Morgan fingerprint density at radius 2 is 1.72 bits per heavy atom. The molecule has 1 saturated carbocycles. The molecule has 1 aliphatic carbocycles. The number of hydrogen-bond donors (Lipinski definition) is 3. The highest BCUT2D eigenvalue weighted by Crippen LogP contribution is 2.25. The maximum absolute atomic E-state index is 12.1. The minimum atomic E-state index is -0.983. The Bertz CT molecular complexity index is 315. The summed E-state index contributed by atoms with van der Waals surface area (Å²) in [6.07, 6.45) is 3.18. The Labute approximate surface area is 108 Å². The van der Waals surface area contributed by atoms with Crippen LogP contribution in [0.2, 0.25) is 0 Å². The van der Waals surface area contributed by atoms with Crippen molar-refractivity contribution in [1.82, 2.24) is 5.32 Å². The number of carboxylic acids is 1. The van der Waals surface area contributed by atoms with Crippen molar-refractivity contribution < 1.29 is 14.7 Å². The molecule has 4 N–H and O–H groups in total. The zero-order valence-corrected chi connectivity index (χ0v) is 11.4. The van der Waals surface area contributed by atoms with Crippen LogP contribution in [0.5, 0.6) is 0 Å². The Kier molecular flexibility index (Phi) is 4.73. The molecule has 0 spiro atoms. The third-order valence-electron chi connectivity index (χ3n) is 3.54. The molecule has 0 aromatic rings. The van der Waals surface area contributed by atoms with Crippen molar-refractivity contribution >= 4 is 11.9 Å². The first-order valence-corrected chi connectivity index (χ1v) is 6.50. The van der Waals surface area contributed by atoms with Crippen LogP contribution in [0.4, 0.5) is 0 Å². The predicted octanol–water partition coefficient (Wildman–Crippen LogP) is 1.12. The molecule has 18 heavy (non-hydrogen) atoms. The van der Waals surface area contributed by atoms with Crippen LogP contribution < -0.4 is 11.1 Å². The fourth-order valence-electron chi connectivity index (χ4n) is 2.29. The average molecular weight is 256 g/mol. The van der Waals surface area contributed by atoms with Crippen molar-refractivity contribution in [3.63, 3.8) is 0 Å². The minimum Gasteiger partial charge on any atom is -0.480 e. The van der Waals surface area contributed by atoms with E-state index in [1.165, 1.54) is 0 Å². The van der Waals surface area contributed by atoms with Gasteiger partial charge >= 0.3 is 5.97 Å². The smallest absolute Gasteiger partial charge is 0.326 e. The summed E-state index contributed by atoms with van der Waals surface area (Å²) in [4.78, 5) is 23.2. The van der Waals surface area contributed by atoms with E-state index in [1.807, 2.05) is 20.8 Å². The lowest BCUT2D eigenvalue weighted by Gasteiger charge is -2.31. The Hall–Kier alpha value is -1.10. The third-order valence-corrected chi connectivity index (χ3v) is 3.54. The van der Waals surface area contributed by atoms with Gasteiger partial charge in [-0.25, -0.2) is 4.79 Å². The van der Waals surface area contributed by atoms with E-state index >= 15 is 0 Å². The molecular weight excluding hydrogens is 232 g/mol. The molecule has 1 aliphatic rings. The van der Waals surface area contributed by atoms with Crippen molar-refractivity contribution in [1.29, 1.82) is 0 Å². The SMILES string of the molecule is CC(C)(C)[C@H](NC(=O)C1CCC(N)CC1)C(=O)O. The number of carbonyl (C=O) groups is 2. The number of nitrogens with two attached hydrogens (primary N) is 1. The van der Waals surface area contributed by atoms with Crippen LogP contribution in [0.3, 0.4) is 0 Å². The highest BCUT2D eigenvalue weighted by atomic mass is 16.4. The fourth-order valence-corrected chi connectivity index (χ4v) is 2.29. The summed E-state index contributed by atoms with van der Waals surface area (Å²) in [5, 5.41) is 11.8. The van der Waals surface area contributed by atoms with Gasteiger partial charge in [0, 0.05) is 12.0 Å². The van der Waals surface area contributed by atoms with Gasteiger partial charge < -0.3 is 16.2 Å². The molecule has 0 unspecified atom stereocenters. The van der Waals surface area contributed by atoms with Gasteiger partial charge in [-0.3, -0.25) is 4.79 Å². The molecule has 0 aromatic carbocycles. The summed E-state index contributed by atoms with van der Waals surface area (Å²) in [7, 11) is 0. The normalized spacial score (nSPS) is 26.4. The molecule has 0 bridgehead atoms. The Balaban J connectivity index is 2.59. The summed E-state index contributed by atoms with van der Waals surface area (Å²) in [5.74, 6) is -1.22. The van der Waals surface area contributed by atoms with E-state index in [0.29, 0.717) is 0 Å². The van der Waals surface area contributed by atoms with E-state index in [-0.39, 0.29) is 17.9 Å². The van der Waals surface area contributed by atoms with Crippen molar-refractivity contribution in [3.05, 3.63) is 0 Å². The van der Waals surface area contributed by atoms with E-state index in [1.54, 1.807) is 0 Å². The topological polar surface area (TPSA) is 92.4 Å². The van der Waals surface area contributed by atoms with Crippen LogP contribution in [-0.2, 0) is 9.59 Å². The third kappa shape index (κ3) is 3.98. The van der Waals surface area contributed by atoms with Crippen LogP contribution in [-0.4, -0.2) is 29.1 Å². The van der Waals surface area contributed by atoms with Gasteiger partial charge in [-0.1, -0.05) is 20.8 Å². The Morgan fingerprint density at radius 1 is 1.22 bits per heavy atom. The molecular formula is C13H24N2O3. The van der Waals surface area contributed by atoms with Gasteiger partial charge in [0.2, 0.25) is 5.91 Å². The van der Waals surface area contributed by atoms with Gasteiger partial charge in [0.15, 0.2) is 0 Å². The lowest BCUT2D eigenvalue weighted by molar-refractivity contribution is -0.145. The number of carbonyl (C=O) groups excluding carboxylic acids is 1. The summed E-state index contributed by atoms with van der Waals surface area (Å²) >= 11 is 0. The van der Waals surface area contributed by atoms with Gasteiger partial charge in [-0.05, 0) is 31.1 Å². The number of nitrogens with one attached hydrogen (secondary N) is 1. The van der Waals surface area contributed by atoms with E-state index in [0.717, 1.165) is 25.7 Å². The summed E-state index contributed by atoms with van der Waals surface area (Å²) in [6.45, 7) is 5.43. The number of carboxylic acid groups (broad SMARTS) is 1. The highest BCUT2D eigenvalue weighted by molar-refractivity contribution is 5.85. The maximum atomic E-state index is 12.1. The molecule has 0 radical (unpaired) electrons. The molecule has 0 heterocycles. The molecule has 0 aliphatic heterocycles. The zero-order chi connectivity index (χ0) is 13.9. The molecule has 5 heteroatoms. The quantitative estimate of drug-likeness (QED) is 0.705. The van der Waals surface area contributed by atoms with Crippen LogP contribution in [0.15, 0.2) is 0 Å². The number of hydrogen-bond acceptors (Lipinski definition) is 3. The van der Waals surface area contributed by atoms with Gasteiger partial charge in [0.05, 0.1) is 0 Å². The first-order chi connectivity index (χ1) is 8.21. The minimum absolute atomic E-state index is 0.0889. The second-order valence-electron chi connectivity index (χ2n) is 6.26. The summed E-state index contributed by atoms with van der Waals surface area (Å²) in [6, 6.07) is -0.660. The molecule has 0 saturated heterocycles. The zero-order valence-electron chi connectivity index (χ0n) is 11.4. The molecule has 1 fully saturated rings. The highest BCUT2D eigenvalue weighted by Gasteiger charge is 2.35. The molecule has 1 amide bonds. The number of amides is 1. The van der Waals surface area contributed by atoms with Crippen molar-refractivity contribution in [2.24, 2.45) is 17.1 Å². The number of aliphatic carboxylic acids is 1. The maximum Gasteiger partial charge on any atom is 0.326 e. The van der Waals surface area contributed by atoms with Crippen LogP contribution in [0.25, 0.3) is 0 Å². The average Bonchev–Trinajstić information content (AvgIpc) is 2.24. The lowest BCUT2D eigenvalue weighted by atomic mass is 9.83. The molecule has 104 valence electrons. The van der Waals surface area contributed by atoms with E-state index in [9.17, 15) is 9.59 Å². The van der Waals surface area contributed by atoms with E-state index in [2.05, 4.69) is 5.32 Å². The Morgan fingerprint density at radius 3 is 2.11 bits per heavy atom. The summed E-state index contributed by atoms with van der Waals surface area (Å²) < 4.78 is 0. The fraction of sp³-hybridized carbons (Fsp3) is 0.846. The van der Waals surface area contributed by atoms with Crippen LogP contribution in [0, 0.1) is 11.3 Å². The lowest BCUT2D eigenvalue weighted by Crippen LogP contribution is -2.51. The second-order valence-corrected chi connectivity index (χ2v) is 6.26. The largest absolute Gasteiger partial charge is 0.480 e. The van der Waals surface area contributed by atoms with Gasteiger partial charge in [0.1, 0.15) is 6.04 Å². The molecule has 5 nitrogen and oxygen atoms in total. The summed E-state index contributed by atoms with van der Waals surface area (Å²) in [5.41, 5.74) is 5.30. The van der Waals surface area contributed by atoms with E-state index < -0.39 is 17.4 Å². The van der Waals surface area contributed by atoms with Crippen LogP contribution >= 0.6 is 0 Å². The second kappa shape index (κ2) is 5.69. The first-order valence-electron chi connectivity index (χ1n) is 6.50. The molecule has 1 rings (SSSR count). The van der Waals surface area contributed by atoms with E-state index in [4.69, 9.17) is 10.8 Å². The predicted molar refractivity (Wildman–Crippen MR) is 69.0 cm³/mol.